The van der Waals surface area contributed by atoms with E-state index < -0.39 is 0 Å². The molecule has 0 radical (unpaired) electrons. The van der Waals surface area contributed by atoms with E-state index in [-0.39, 0.29) is 30.3 Å². The highest BCUT2D eigenvalue weighted by molar-refractivity contribution is 5.94. The van der Waals surface area contributed by atoms with Gasteiger partial charge in [0.15, 0.2) is 5.75 Å². The molecule has 2 aromatic rings. The highest BCUT2D eigenvalue weighted by atomic mass is 35.5. The lowest BCUT2D eigenvalue weighted by molar-refractivity contribution is -0.120. The van der Waals surface area contributed by atoms with Crippen LogP contribution in [0.2, 0.25) is 0 Å². The smallest absolute Gasteiger partial charge is 0.227 e. The molecule has 1 fully saturated rings. The number of ether oxygens (including phenoxy) is 1. The van der Waals surface area contributed by atoms with Crippen LogP contribution in [0.25, 0.3) is 0 Å². The van der Waals surface area contributed by atoms with Crippen LogP contribution in [-0.4, -0.2) is 11.9 Å². The first-order chi connectivity index (χ1) is 11.6. The number of benzene rings is 2. The zero-order chi connectivity index (χ0) is 16.9. The van der Waals surface area contributed by atoms with Crippen LogP contribution in [-0.2, 0) is 4.79 Å². The van der Waals surface area contributed by atoms with E-state index in [1.54, 1.807) is 0 Å². The third kappa shape index (κ3) is 5.21. The second-order valence-corrected chi connectivity index (χ2v) is 6.52. The SMILES string of the molecule is Cc1ccc(Oc2ccccc2NC(=O)C2CCCC(N)C2)cc1.Cl. The van der Waals surface area contributed by atoms with E-state index in [0.717, 1.165) is 31.4 Å². The molecule has 0 saturated heterocycles. The second kappa shape index (κ2) is 8.88. The number of rotatable bonds is 4. The first-order valence-electron chi connectivity index (χ1n) is 8.52. The van der Waals surface area contributed by atoms with E-state index in [1.807, 2.05) is 55.5 Å². The minimum Gasteiger partial charge on any atom is -0.455 e. The fraction of sp³-hybridized carbons (Fsp3) is 0.350. The minimum absolute atomic E-state index is 0. The van der Waals surface area contributed by atoms with Crippen molar-refractivity contribution in [3.05, 3.63) is 54.1 Å². The average molecular weight is 361 g/mol. The lowest BCUT2D eigenvalue weighted by Gasteiger charge is -2.26. The number of carbonyl (C=O) groups is 1. The molecule has 4 nitrogen and oxygen atoms in total. The maximum absolute atomic E-state index is 12.5. The van der Waals surface area contributed by atoms with Crippen molar-refractivity contribution in [3.63, 3.8) is 0 Å². The number of nitrogens with one attached hydrogen (secondary N) is 1. The van der Waals surface area contributed by atoms with Crippen molar-refractivity contribution in [1.82, 2.24) is 0 Å². The van der Waals surface area contributed by atoms with Crippen molar-refractivity contribution in [3.8, 4) is 11.5 Å². The van der Waals surface area contributed by atoms with Gasteiger partial charge in [-0.1, -0.05) is 36.2 Å². The van der Waals surface area contributed by atoms with E-state index in [9.17, 15) is 4.79 Å². The van der Waals surface area contributed by atoms with Gasteiger partial charge in [0.05, 0.1) is 5.69 Å². The summed E-state index contributed by atoms with van der Waals surface area (Å²) in [4.78, 5) is 12.5. The van der Waals surface area contributed by atoms with Gasteiger partial charge in [-0.3, -0.25) is 4.79 Å². The van der Waals surface area contributed by atoms with E-state index in [1.165, 1.54) is 5.56 Å². The molecule has 5 heteroatoms. The Kier molecular flexibility index (Phi) is 6.85. The Morgan fingerprint density at radius 2 is 1.84 bits per heavy atom. The number of anilines is 1. The van der Waals surface area contributed by atoms with Crippen molar-refractivity contribution in [2.75, 3.05) is 5.32 Å². The molecule has 1 aliphatic carbocycles. The lowest BCUT2D eigenvalue weighted by atomic mass is 9.85. The molecule has 2 unspecified atom stereocenters. The van der Waals surface area contributed by atoms with Gasteiger partial charge in [0.2, 0.25) is 5.91 Å². The molecule has 1 amide bonds. The maximum atomic E-state index is 12.5. The third-order valence-electron chi connectivity index (χ3n) is 4.48. The van der Waals surface area contributed by atoms with Gasteiger partial charge in [0, 0.05) is 12.0 Å². The highest BCUT2D eigenvalue weighted by Gasteiger charge is 2.25. The number of nitrogens with two attached hydrogens (primary N) is 1. The van der Waals surface area contributed by atoms with Gasteiger partial charge >= 0.3 is 0 Å². The summed E-state index contributed by atoms with van der Waals surface area (Å²) in [5.74, 6) is 1.42. The normalized spacial score (nSPS) is 19.6. The summed E-state index contributed by atoms with van der Waals surface area (Å²) in [6.07, 6.45) is 3.69. The van der Waals surface area contributed by atoms with Gasteiger partial charge in [0.25, 0.3) is 0 Å². The molecule has 1 aliphatic rings. The molecule has 0 heterocycles. The summed E-state index contributed by atoms with van der Waals surface area (Å²) in [6, 6.07) is 15.5. The van der Waals surface area contributed by atoms with Crippen molar-refractivity contribution >= 4 is 24.0 Å². The highest BCUT2D eigenvalue weighted by Crippen LogP contribution is 2.31. The van der Waals surface area contributed by atoms with Crippen molar-refractivity contribution in [2.24, 2.45) is 11.7 Å². The predicted octanol–water partition coefficient (Wildman–Crippen LogP) is 4.67. The fourth-order valence-corrected chi connectivity index (χ4v) is 3.09. The van der Waals surface area contributed by atoms with Crippen LogP contribution in [0.3, 0.4) is 0 Å². The van der Waals surface area contributed by atoms with Crippen LogP contribution in [0, 0.1) is 12.8 Å². The molecule has 0 aliphatic heterocycles. The Morgan fingerprint density at radius 3 is 2.56 bits per heavy atom. The molecule has 0 spiro atoms. The number of amides is 1. The first-order valence-corrected chi connectivity index (χ1v) is 8.52. The van der Waals surface area contributed by atoms with Gasteiger partial charge in [-0.25, -0.2) is 0 Å². The Labute approximate surface area is 155 Å². The topological polar surface area (TPSA) is 64.3 Å². The van der Waals surface area contributed by atoms with Gasteiger partial charge in [-0.2, -0.15) is 0 Å². The second-order valence-electron chi connectivity index (χ2n) is 6.52. The number of para-hydroxylation sites is 2. The predicted molar refractivity (Wildman–Crippen MR) is 104 cm³/mol. The van der Waals surface area contributed by atoms with Crippen molar-refractivity contribution in [1.29, 1.82) is 0 Å². The first kappa shape index (κ1) is 19.3. The van der Waals surface area contributed by atoms with Crippen molar-refractivity contribution < 1.29 is 9.53 Å². The molecule has 0 aromatic heterocycles. The maximum Gasteiger partial charge on any atom is 0.227 e. The number of halogens is 1. The monoisotopic (exact) mass is 360 g/mol. The van der Waals surface area contributed by atoms with Crippen molar-refractivity contribution in [2.45, 2.75) is 38.6 Å². The number of hydrogen-bond acceptors (Lipinski definition) is 3. The molecule has 3 rings (SSSR count). The molecular formula is C20H25ClN2O2. The number of hydrogen-bond donors (Lipinski definition) is 2. The van der Waals surface area contributed by atoms with Crippen LogP contribution >= 0.6 is 12.4 Å². The molecule has 0 bridgehead atoms. The van der Waals surface area contributed by atoms with Crippen LogP contribution in [0.15, 0.2) is 48.5 Å². The summed E-state index contributed by atoms with van der Waals surface area (Å²) < 4.78 is 5.93. The lowest BCUT2D eigenvalue weighted by Crippen LogP contribution is -2.34. The van der Waals surface area contributed by atoms with Crippen LogP contribution in [0.4, 0.5) is 5.69 Å². The van der Waals surface area contributed by atoms with Gasteiger partial charge in [-0.15, -0.1) is 12.4 Å². The third-order valence-corrected chi connectivity index (χ3v) is 4.48. The molecule has 134 valence electrons. The summed E-state index contributed by atoms with van der Waals surface area (Å²) in [6.45, 7) is 2.03. The summed E-state index contributed by atoms with van der Waals surface area (Å²) in [5.41, 5.74) is 7.87. The number of aryl methyl sites for hydroxylation is 1. The molecule has 3 N–H and O–H groups in total. The van der Waals surface area contributed by atoms with Crippen LogP contribution in [0.1, 0.15) is 31.2 Å². The summed E-state index contributed by atoms with van der Waals surface area (Å²) in [7, 11) is 0. The zero-order valence-corrected chi connectivity index (χ0v) is 15.2. The Bertz CT molecular complexity index is 703. The van der Waals surface area contributed by atoms with Crippen LogP contribution < -0.4 is 15.8 Å². The van der Waals surface area contributed by atoms with Gasteiger partial charge in [0.1, 0.15) is 5.75 Å². The Balaban J connectivity index is 0.00000225. The standard InChI is InChI=1S/C20H24N2O2.ClH/c1-14-9-11-17(12-10-14)24-19-8-3-2-7-18(19)22-20(23)15-5-4-6-16(21)13-15;/h2-3,7-12,15-16H,4-6,13,21H2,1H3,(H,22,23);1H. The molecule has 1 saturated carbocycles. The molecular weight excluding hydrogens is 336 g/mol. The number of carbonyl (C=O) groups excluding carboxylic acids is 1. The fourth-order valence-electron chi connectivity index (χ4n) is 3.09. The summed E-state index contributed by atoms with van der Waals surface area (Å²) >= 11 is 0. The summed E-state index contributed by atoms with van der Waals surface area (Å²) in [5, 5.41) is 3.01. The minimum atomic E-state index is -0.0128. The Hall–Kier alpha value is -2.04. The van der Waals surface area contributed by atoms with Gasteiger partial charge < -0.3 is 15.8 Å². The zero-order valence-electron chi connectivity index (χ0n) is 14.4. The Morgan fingerprint density at radius 1 is 1.12 bits per heavy atom. The largest absolute Gasteiger partial charge is 0.455 e. The van der Waals surface area contributed by atoms with E-state index in [4.69, 9.17) is 10.5 Å². The molecule has 2 aromatic carbocycles. The average Bonchev–Trinajstić information content (AvgIpc) is 2.58. The van der Waals surface area contributed by atoms with E-state index in [0.29, 0.717) is 11.4 Å². The van der Waals surface area contributed by atoms with E-state index >= 15 is 0 Å². The molecule has 25 heavy (non-hydrogen) atoms. The van der Waals surface area contributed by atoms with Gasteiger partial charge in [-0.05, 0) is 50.5 Å². The quantitative estimate of drug-likeness (QED) is 0.833. The van der Waals surface area contributed by atoms with Crippen LogP contribution in [0.5, 0.6) is 11.5 Å². The molecule has 2 atom stereocenters. The van der Waals surface area contributed by atoms with E-state index in [2.05, 4.69) is 5.32 Å².